The molecule has 0 bridgehead atoms. The summed E-state index contributed by atoms with van der Waals surface area (Å²) in [6.45, 7) is 16.9. The maximum absolute atomic E-state index is 14.4. The number of hydrogen-bond donors (Lipinski definition) is 3. The number of allylic oxidation sites excluding steroid dienone is 2. The first-order valence-electron chi connectivity index (χ1n) is 18.6. The lowest BCUT2D eigenvalue weighted by Gasteiger charge is -2.36. The molecule has 0 saturated carbocycles. The average Bonchev–Trinajstić information content (AvgIpc) is 3.78. The molecule has 0 aromatic heterocycles. The van der Waals surface area contributed by atoms with Crippen LogP contribution in [-0.4, -0.2) is 82.4 Å². The quantitative estimate of drug-likeness (QED) is 0.200. The van der Waals surface area contributed by atoms with E-state index in [0.717, 1.165) is 11.1 Å². The van der Waals surface area contributed by atoms with Crippen LogP contribution in [0.1, 0.15) is 78.5 Å². The predicted molar refractivity (Wildman–Crippen MR) is 215 cm³/mol. The van der Waals surface area contributed by atoms with Gasteiger partial charge in [0.15, 0.2) is 17.6 Å². The molecule has 0 radical (unpaired) electrons. The molecule has 4 rings (SSSR count). The molecular formula is C43H56Cl2N2O8. The van der Waals surface area contributed by atoms with E-state index >= 15 is 0 Å². The number of phenols is 1. The lowest BCUT2D eigenvalue weighted by Crippen LogP contribution is -2.56. The van der Waals surface area contributed by atoms with Crippen molar-refractivity contribution < 1.29 is 38.8 Å². The Labute approximate surface area is 335 Å². The number of aliphatic hydroxyl groups is 1. The van der Waals surface area contributed by atoms with Crippen molar-refractivity contribution in [2.24, 2.45) is 17.8 Å². The number of fused-ring (bicyclic) bond motifs is 1. The zero-order valence-corrected chi connectivity index (χ0v) is 34.8. The topological polar surface area (TPSA) is 138 Å². The first-order valence-corrected chi connectivity index (χ1v) is 19.4. The summed E-state index contributed by atoms with van der Waals surface area (Å²) in [7, 11) is 3.45. The van der Waals surface area contributed by atoms with Crippen molar-refractivity contribution >= 4 is 40.9 Å². The zero-order chi connectivity index (χ0) is 41.0. The van der Waals surface area contributed by atoms with Gasteiger partial charge in [-0.05, 0) is 68.9 Å². The van der Waals surface area contributed by atoms with E-state index in [1.54, 1.807) is 14.2 Å². The van der Waals surface area contributed by atoms with Gasteiger partial charge in [0.2, 0.25) is 5.91 Å². The second-order valence-corrected chi connectivity index (χ2v) is 16.7. The number of methoxy groups -OCH3 is 1. The van der Waals surface area contributed by atoms with Gasteiger partial charge in [-0.25, -0.2) is 4.79 Å². The van der Waals surface area contributed by atoms with Crippen LogP contribution in [0.3, 0.4) is 0 Å². The number of nitrogens with one attached hydrogen (secondary N) is 1. The van der Waals surface area contributed by atoms with Gasteiger partial charge in [0, 0.05) is 44.5 Å². The normalized spacial score (nSPS) is 30.7. The molecule has 1 fully saturated rings. The van der Waals surface area contributed by atoms with Gasteiger partial charge in [-0.15, -0.1) is 0 Å². The van der Waals surface area contributed by atoms with E-state index in [0.29, 0.717) is 17.7 Å². The van der Waals surface area contributed by atoms with E-state index < -0.39 is 47.2 Å². The van der Waals surface area contributed by atoms with E-state index in [1.807, 2.05) is 88.1 Å². The van der Waals surface area contributed by atoms with Gasteiger partial charge in [-0.1, -0.05) is 99.1 Å². The molecule has 8 atom stereocenters. The molecule has 1 saturated heterocycles. The molecule has 1 amide bonds. The Bertz CT molecular complexity index is 1760. The Balaban J connectivity index is 1.82. The fourth-order valence-corrected chi connectivity index (χ4v) is 7.87. The van der Waals surface area contributed by atoms with Crippen LogP contribution >= 0.6 is 23.2 Å². The Kier molecular flexibility index (Phi) is 14.5. The molecule has 12 heteroatoms. The largest absolute Gasteiger partial charge is 0.505 e. The minimum Gasteiger partial charge on any atom is -0.505 e. The van der Waals surface area contributed by atoms with E-state index in [1.165, 1.54) is 26.0 Å². The number of benzene rings is 2. The number of amides is 1. The third kappa shape index (κ3) is 10.6. The van der Waals surface area contributed by atoms with Crippen LogP contribution < -0.4 is 5.32 Å². The van der Waals surface area contributed by atoms with Crippen molar-refractivity contribution in [2.75, 3.05) is 14.2 Å². The van der Waals surface area contributed by atoms with Crippen molar-refractivity contribution in [2.45, 2.75) is 109 Å². The molecule has 2 heterocycles. The molecule has 2 aliphatic heterocycles. The van der Waals surface area contributed by atoms with Gasteiger partial charge in [0.05, 0.1) is 33.9 Å². The molecule has 2 aromatic rings. The first-order chi connectivity index (χ1) is 25.7. The number of halogens is 2. The number of cyclic esters (lactones) is 1. The molecule has 300 valence electrons. The number of nitrogens with zero attached hydrogens (tertiary/aromatic N) is 1. The number of hydrogen-bond acceptors (Lipinski definition) is 9. The molecular weight excluding hydrogens is 743 g/mol. The highest BCUT2D eigenvalue weighted by Gasteiger charge is 2.57. The molecule has 2 aromatic carbocycles. The summed E-state index contributed by atoms with van der Waals surface area (Å²) in [5.41, 5.74) is 0.266. The number of aromatic hydroxyl groups is 1. The third-order valence-corrected chi connectivity index (χ3v) is 11.3. The van der Waals surface area contributed by atoms with Crippen molar-refractivity contribution in [1.29, 1.82) is 0 Å². The Hall–Kier alpha value is -3.67. The van der Waals surface area contributed by atoms with Gasteiger partial charge < -0.3 is 34.6 Å². The molecule has 0 aliphatic carbocycles. The molecule has 0 spiro atoms. The van der Waals surface area contributed by atoms with Crippen LogP contribution in [0.2, 0.25) is 10.0 Å². The molecule has 3 N–H and O–H groups in total. The highest BCUT2D eigenvalue weighted by Crippen LogP contribution is 2.47. The number of rotatable bonds is 6. The van der Waals surface area contributed by atoms with Crippen molar-refractivity contribution in [3.8, 4) is 5.75 Å². The second-order valence-electron chi connectivity index (χ2n) is 15.9. The number of ether oxygens (including phenoxy) is 3. The van der Waals surface area contributed by atoms with Crippen molar-refractivity contribution in [1.82, 2.24) is 10.2 Å². The lowest BCUT2D eigenvalue weighted by atomic mass is 9.86. The van der Waals surface area contributed by atoms with Crippen LogP contribution in [0.5, 0.6) is 5.75 Å². The van der Waals surface area contributed by atoms with E-state index in [9.17, 15) is 24.6 Å². The zero-order valence-electron chi connectivity index (χ0n) is 33.3. The summed E-state index contributed by atoms with van der Waals surface area (Å²) >= 11 is 12.5. The fraction of sp³-hybridized carbons (Fsp3) is 0.512. The summed E-state index contributed by atoms with van der Waals surface area (Å²) in [5.74, 6) is -3.66. The average molecular weight is 800 g/mol. The van der Waals surface area contributed by atoms with Gasteiger partial charge in [0.25, 0.3) is 0 Å². The van der Waals surface area contributed by atoms with Crippen molar-refractivity contribution in [3.63, 3.8) is 0 Å². The van der Waals surface area contributed by atoms with Crippen LogP contribution in [0.15, 0.2) is 78.5 Å². The van der Waals surface area contributed by atoms with Crippen LogP contribution in [0.25, 0.3) is 0 Å². The molecule has 2 aliphatic rings. The number of epoxide rings is 1. The number of ketones is 1. The standard InChI is InChI=1S/C43H56Cl2N2O8/c1-24(2)36-33(48)22-30(19-28-20-31(44)37(49)32(45)21-28)40(50)46-39(42(6,7)52)41(51)54-38(29-17-12-11-13-18-29)26(4)16-14-15-25(3)34(53-10)23-35-43(8,55-35)27(5)47(36)9/h11-18,20-21,24,26,30,34-36,38-39,49,52H,5,19,22-23H2,1-4,6-10H3,(H,46,50)/b16-14+,25-15+. The van der Waals surface area contributed by atoms with E-state index in [2.05, 4.69) is 11.9 Å². The number of likely N-dealkylation sites (N-methyl/N-ethyl adjacent to an activating group) is 1. The number of esters is 1. The SMILES string of the molecule is C=C1N(C)C(C(C)C)C(=O)CC(Cc2cc(Cl)c(O)c(Cl)c2)C(=O)NC(C(C)(C)O)C(=O)OC(c2ccccc2)C(C)/C=C/C=C(\C)C(OC)CC2OC12C. The maximum Gasteiger partial charge on any atom is 0.332 e. The second kappa shape index (κ2) is 18.1. The fourth-order valence-electron chi connectivity index (χ4n) is 7.34. The Morgan fingerprint density at radius 1 is 1.13 bits per heavy atom. The minimum atomic E-state index is -1.77. The third-order valence-electron chi connectivity index (χ3n) is 10.8. The van der Waals surface area contributed by atoms with E-state index in [-0.39, 0.29) is 58.5 Å². The molecule has 8 unspecified atom stereocenters. The number of phenolic OH excluding ortho intramolecular Hbond substituents is 1. The smallest absolute Gasteiger partial charge is 0.332 e. The van der Waals surface area contributed by atoms with Gasteiger partial charge in [-0.2, -0.15) is 0 Å². The maximum atomic E-state index is 14.4. The molecule has 10 nitrogen and oxygen atoms in total. The highest BCUT2D eigenvalue weighted by atomic mass is 35.5. The number of carbonyl (C=O) groups is 3. The highest BCUT2D eigenvalue weighted by molar-refractivity contribution is 6.37. The number of carbonyl (C=O) groups excluding carboxylic acids is 3. The van der Waals surface area contributed by atoms with Gasteiger partial charge >= 0.3 is 5.97 Å². The van der Waals surface area contributed by atoms with Gasteiger partial charge in [-0.3, -0.25) is 9.59 Å². The Morgan fingerprint density at radius 3 is 2.31 bits per heavy atom. The summed E-state index contributed by atoms with van der Waals surface area (Å²) in [5, 5.41) is 24.2. The summed E-state index contributed by atoms with van der Waals surface area (Å²) in [4.78, 5) is 44.8. The van der Waals surface area contributed by atoms with E-state index in [4.69, 9.17) is 37.4 Å². The van der Waals surface area contributed by atoms with Crippen LogP contribution in [-0.2, 0) is 35.0 Å². The van der Waals surface area contributed by atoms with Crippen molar-refractivity contribution in [3.05, 3.63) is 99.7 Å². The molecule has 55 heavy (non-hydrogen) atoms. The first kappa shape index (κ1) is 44.0. The lowest BCUT2D eigenvalue weighted by molar-refractivity contribution is -0.162. The summed E-state index contributed by atoms with van der Waals surface area (Å²) in [6.07, 6.45) is 4.80. The van der Waals surface area contributed by atoms with Gasteiger partial charge in [0.1, 0.15) is 11.7 Å². The Morgan fingerprint density at radius 2 is 1.75 bits per heavy atom. The summed E-state index contributed by atoms with van der Waals surface area (Å²) in [6, 6.07) is 9.98. The van der Waals surface area contributed by atoms with Crippen LogP contribution in [0, 0.1) is 17.8 Å². The minimum absolute atomic E-state index is 0.0190. The summed E-state index contributed by atoms with van der Waals surface area (Å²) < 4.78 is 18.3. The predicted octanol–water partition coefficient (Wildman–Crippen LogP) is 7.54. The number of Topliss-reactive ketones (excluding diaryl/α,β-unsaturated/α-hetero) is 1. The van der Waals surface area contributed by atoms with Crippen LogP contribution in [0.4, 0.5) is 0 Å². The monoisotopic (exact) mass is 798 g/mol.